The van der Waals surface area contributed by atoms with Crippen LogP contribution in [0.4, 0.5) is 8.78 Å². The van der Waals surface area contributed by atoms with Gasteiger partial charge in [0, 0.05) is 12.5 Å². The molecule has 0 saturated carbocycles. The number of halogens is 3. The maximum Gasteiger partial charge on any atom is 0.175 e. The Labute approximate surface area is 201 Å². The van der Waals surface area contributed by atoms with E-state index in [4.69, 9.17) is 11.6 Å². The summed E-state index contributed by atoms with van der Waals surface area (Å²) in [5.41, 5.74) is 0.149. The lowest BCUT2D eigenvalue weighted by Crippen LogP contribution is -2.15. The van der Waals surface area contributed by atoms with Gasteiger partial charge in [-0.25, -0.2) is 22.2 Å². The first-order valence-electron chi connectivity index (χ1n) is 10.2. The second-order valence-corrected chi connectivity index (χ2v) is 10.9. The molecule has 0 spiro atoms. The van der Waals surface area contributed by atoms with Gasteiger partial charge in [-0.15, -0.1) is 0 Å². The number of aromatic nitrogens is 2. The van der Waals surface area contributed by atoms with E-state index < -0.39 is 27.1 Å². The Morgan fingerprint density at radius 2 is 1.59 bits per heavy atom. The van der Waals surface area contributed by atoms with E-state index in [-0.39, 0.29) is 27.0 Å². The molecular formula is C25H21ClF2N2O3S. The number of imidazole rings is 1. The molecule has 1 N–H and O–H groups in total. The molecule has 0 amide bonds. The van der Waals surface area contributed by atoms with E-state index in [0.717, 1.165) is 18.4 Å². The van der Waals surface area contributed by atoms with Crippen LogP contribution >= 0.6 is 11.6 Å². The van der Waals surface area contributed by atoms with Crippen LogP contribution in [0.25, 0.3) is 28.2 Å². The molecule has 3 aromatic carbocycles. The average molecular weight is 503 g/mol. The summed E-state index contributed by atoms with van der Waals surface area (Å²) in [6.45, 7) is 3.03. The minimum atomic E-state index is -3.39. The molecule has 0 aliphatic heterocycles. The fourth-order valence-corrected chi connectivity index (χ4v) is 4.47. The van der Waals surface area contributed by atoms with Crippen LogP contribution in [0, 0.1) is 11.6 Å². The molecule has 1 heterocycles. The molecule has 0 unspecified atom stereocenters. The first kappa shape index (κ1) is 24.1. The summed E-state index contributed by atoms with van der Waals surface area (Å²) >= 11 is 6.59. The Balaban J connectivity index is 1.88. The second-order valence-electron chi connectivity index (χ2n) is 8.44. The van der Waals surface area contributed by atoms with Gasteiger partial charge in [0.05, 0.1) is 26.9 Å². The van der Waals surface area contributed by atoms with Gasteiger partial charge >= 0.3 is 0 Å². The van der Waals surface area contributed by atoms with E-state index in [0.29, 0.717) is 16.8 Å². The molecule has 5 nitrogen and oxygen atoms in total. The van der Waals surface area contributed by atoms with E-state index in [1.807, 2.05) is 0 Å². The third-order valence-electron chi connectivity index (χ3n) is 5.32. The number of benzene rings is 3. The van der Waals surface area contributed by atoms with Crippen molar-refractivity contribution in [1.29, 1.82) is 0 Å². The van der Waals surface area contributed by atoms with Gasteiger partial charge in [0.2, 0.25) is 0 Å². The highest BCUT2D eigenvalue weighted by atomic mass is 35.5. The topological polar surface area (TPSA) is 72.2 Å². The monoisotopic (exact) mass is 502 g/mol. The standard InChI is InChI=1S/C25H21ClF2N2O3S/c1-25(2,31)22-14-30(24(29-22)23-19(27)8-5-9-20(23)28)21-11-10-16(13-18(21)26)15-6-4-7-17(12-15)34(3,32)33/h4-14,31H,1-3H3. The van der Waals surface area contributed by atoms with Gasteiger partial charge in [-0.05, 0) is 61.4 Å². The van der Waals surface area contributed by atoms with Gasteiger partial charge in [0.1, 0.15) is 17.2 Å². The van der Waals surface area contributed by atoms with Gasteiger partial charge in [-0.3, -0.25) is 4.57 Å². The molecule has 176 valence electrons. The van der Waals surface area contributed by atoms with Crippen LogP contribution in [0.15, 0.2) is 71.8 Å². The van der Waals surface area contributed by atoms with Crippen molar-refractivity contribution < 1.29 is 22.3 Å². The molecule has 4 aromatic rings. The van der Waals surface area contributed by atoms with Crippen LogP contribution in [0.5, 0.6) is 0 Å². The quantitative estimate of drug-likeness (QED) is 0.376. The second kappa shape index (κ2) is 8.61. The van der Waals surface area contributed by atoms with Gasteiger partial charge < -0.3 is 5.11 Å². The lowest BCUT2D eigenvalue weighted by atomic mass is 10.1. The van der Waals surface area contributed by atoms with Gasteiger partial charge in [-0.2, -0.15) is 0 Å². The van der Waals surface area contributed by atoms with Crippen LogP contribution in [-0.4, -0.2) is 29.3 Å². The van der Waals surface area contributed by atoms with Crippen molar-refractivity contribution in [3.63, 3.8) is 0 Å². The maximum atomic E-state index is 14.6. The predicted molar refractivity (Wildman–Crippen MR) is 128 cm³/mol. The number of rotatable bonds is 5. The van der Waals surface area contributed by atoms with E-state index in [2.05, 4.69) is 4.98 Å². The number of nitrogens with zero attached hydrogens (tertiary/aromatic N) is 2. The summed E-state index contributed by atoms with van der Waals surface area (Å²) < 4.78 is 54.5. The van der Waals surface area contributed by atoms with E-state index >= 15 is 0 Å². The molecule has 34 heavy (non-hydrogen) atoms. The predicted octanol–water partition coefficient (Wildman–Crippen LogP) is 5.77. The van der Waals surface area contributed by atoms with Gasteiger partial charge in [0.15, 0.2) is 15.7 Å². The highest BCUT2D eigenvalue weighted by Gasteiger charge is 2.26. The minimum Gasteiger partial charge on any atom is -0.384 e. The lowest BCUT2D eigenvalue weighted by Gasteiger charge is -2.13. The van der Waals surface area contributed by atoms with Crippen LogP contribution in [-0.2, 0) is 15.4 Å². The number of hydrogen-bond donors (Lipinski definition) is 1. The van der Waals surface area contributed by atoms with Crippen molar-refractivity contribution in [3.8, 4) is 28.2 Å². The van der Waals surface area contributed by atoms with Crippen molar-refractivity contribution in [2.45, 2.75) is 24.3 Å². The highest BCUT2D eigenvalue weighted by Crippen LogP contribution is 2.35. The van der Waals surface area contributed by atoms with Crippen molar-refractivity contribution in [1.82, 2.24) is 9.55 Å². The Hall–Kier alpha value is -3.07. The summed E-state index contributed by atoms with van der Waals surface area (Å²) in [7, 11) is -3.39. The number of hydrogen-bond acceptors (Lipinski definition) is 4. The van der Waals surface area contributed by atoms with Crippen LogP contribution < -0.4 is 0 Å². The molecule has 0 aliphatic rings. The van der Waals surface area contributed by atoms with Crippen LogP contribution in [0.3, 0.4) is 0 Å². The van der Waals surface area contributed by atoms with Crippen molar-refractivity contribution >= 4 is 21.4 Å². The zero-order chi connectivity index (χ0) is 24.8. The SMILES string of the molecule is CC(C)(O)c1cn(-c2ccc(-c3cccc(S(C)(=O)=O)c3)cc2Cl)c(-c2c(F)cccc2F)n1. The molecule has 0 saturated heterocycles. The summed E-state index contributed by atoms with van der Waals surface area (Å²) in [5, 5.41) is 10.7. The number of aliphatic hydroxyl groups is 1. The Bertz CT molecular complexity index is 1490. The summed E-state index contributed by atoms with van der Waals surface area (Å²) in [6, 6.07) is 14.9. The maximum absolute atomic E-state index is 14.6. The third-order valence-corrected chi connectivity index (χ3v) is 6.73. The average Bonchev–Trinajstić information content (AvgIpc) is 3.18. The van der Waals surface area contributed by atoms with Gasteiger partial charge in [0.25, 0.3) is 0 Å². The molecule has 0 radical (unpaired) electrons. The smallest absolute Gasteiger partial charge is 0.175 e. The fraction of sp³-hybridized carbons (Fsp3) is 0.160. The molecule has 0 atom stereocenters. The van der Waals surface area contributed by atoms with Gasteiger partial charge in [-0.1, -0.05) is 35.9 Å². The molecule has 0 fully saturated rings. The lowest BCUT2D eigenvalue weighted by molar-refractivity contribution is 0.0743. The molecule has 9 heteroatoms. The molecular weight excluding hydrogens is 482 g/mol. The van der Waals surface area contributed by atoms with Crippen LogP contribution in [0.2, 0.25) is 5.02 Å². The first-order chi connectivity index (χ1) is 15.9. The summed E-state index contributed by atoms with van der Waals surface area (Å²) in [6.07, 6.45) is 2.61. The largest absolute Gasteiger partial charge is 0.384 e. The molecule has 4 rings (SSSR count). The van der Waals surface area contributed by atoms with Crippen molar-refractivity contribution in [2.75, 3.05) is 6.26 Å². The Kier molecular flexibility index (Phi) is 6.10. The zero-order valence-corrected chi connectivity index (χ0v) is 20.1. The summed E-state index contributed by atoms with van der Waals surface area (Å²) in [4.78, 5) is 4.49. The van der Waals surface area contributed by atoms with Crippen molar-refractivity contribution in [2.24, 2.45) is 0 Å². The van der Waals surface area contributed by atoms with E-state index in [9.17, 15) is 22.3 Å². The molecule has 1 aromatic heterocycles. The van der Waals surface area contributed by atoms with E-state index in [1.54, 1.807) is 36.4 Å². The minimum absolute atomic E-state index is 0.0542. The van der Waals surface area contributed by atoms with Crippen molar-refractivity contribution in [3.05, 3.63) is 89.2 Å². The van der Waals surface area contributed by atoms with E-state index in [1.165, 1.54) is 36.7 Å². The normalized spacial score (nSPS) is 12.2. The Morgan fingerprint density at radius 1 is 0.971 bits per heavy atom. The fourth-order valence-electron chi connectivity index (χ4n) is 3.53. The van der Waals surface area contributed by atoms with Crippen LogP contribution in [0.1, 0.15) is 19.5 Å². The molecule has 0 bridgehead atoms. The summed E-state index contributed by atoms with van der Waals surface area (Å²) in [5.74, 6) is -1.67. The highest BCUT2D eigenvalue weighted by molar-refractivity contribution is 7.90. The number of sulfone groups is 1. The zero-order valence-electron chi connectivity index (χ0n) is 18.6. The molecule has 0 aliphatic carbocycles. The first-order valence-corrected chi connectivity index (χ1v) is 12.5. The third kappa shape index (κ3) is 4.61. The Morgan fingerprint density at radius 3 is 2.18 bits per heavy atom.